The van der Waals surface area contributed by atoms with Gasteiger partial charge in [-0.05, 0) is 30.7 Å². The summed E-state index contributed by atoms with van der Waals surface area (Å²) in [6.45, 7) is 4.76. The molecule has 1 aliphatic heterocycles. The van der Waals surface area contributed by atoms with E-state index < -0.39 is 0 Å². The summed E-state index contributed by atoms with van der Waals surface area (Å²) in [5.74, 6) is 1.99. The van der Waals surface area contributed by atoms with Gasteiger partial charge in [0.15, 0.2) is 16.6 Å². The Hall–Kier alpha value is -3.20. The Morgan fingerprint density at radius 2 is 1.65 bits per heavy atom. The summed E-state index contributed by atoms with van der Waals surface area (Å²) in [6.07, 6.45) is 0. The molecule has 0 bridgehead atoms. The fraction of sp³-hybridized carbons (Fsp3) is 0.364. The van der Waals surface area contributed by atoms with Crippen molar-refractivity contribution in [3.63, 3.8) is 0 Å². The van der Waals surface area contributed by atoms with E-state index in [4.69, 9.17) is 19.2 Å². The smallest absolute Gasteiger partial charge is 0.321 e. The van der Waals surface area contributed by atoms with Crippen LogP contribution in [0, 0.1) is 6.92 Å². The van der Waals surface area contributed by atoms with Crippen LogP contribution < -0.4 is 24.4 Å². The minimum absolute atomic E-state index is 0.131. The van der Waals surface area contributed by atoms with E-state index >= 15 is 0 Å². The number of anilines is 2. The van der Waals surface area contributed by atoms with Gasteiger partial charge >= 0.3 is 6.03 Å². The average Bonchev–Trinajstić information content (AvgIpc) is 3.26. The standard InChI is InChI=1S/C22H26N4O4S/c1-14-5-7-17(29-3)19-20(14)31-22(24-19)26-11-9-25(10-12-26)21(27)23-15-6-8-16(28-2)18(13-15)30-4/h5-8,13H,9-12H2,1-4H3,(H,23,27). The number of ether oxygens (including phenoxy) is 3. The third-order valence-electron chi connectivity index (χ3n) is 5.38. The summed E-state index contributed by atoms with van der Waals surface area (Å²) in [6, 6.07) is 9.21. The first-order valence-electron chi connectivity index (χ1n) is 10.0. The Morgan fingerprint density at radius 1 is 0.968 bits per heavy atom. The first-order chi connectivity index (χ1) is 15.0. The molecule has 0 spiro atoms. The third kappa shape index (κ3) is 4.18. The Labute approximate surface area is 185 Å². The molecule has 0 atom stereocenters. The van der Waals surface area contributed by atoms with Gasteiger partial charge in [-0.2, -0.15) is 0 Å². The largest absolute Gasteiger partial charge is 0.494 e. The molecule has 1 N–H and O–H groups in total. The van der Waals surface area contributed by atoms with Crippen molar-refractivity contribution in [3.05, 3.63) is 35.9 Å². The van der Waals surface area contributed by atoms with E-state index in [1.165, 1.54) is 5.56 Å². The molecule has 2 aromatic carbocycles. The quantitative estimate of drug-likeness (QED) is 0.644. The van der Waals surface area contributed by atoms with Gasteiger partial charge in [0, 0.05) is 37.9 Å². The molecule has 0 aliphatic carbocycles. The zero-order valence-corrected chi connectivity index (χ0v) is 18.9. The molecule has 0 unspecified atom stereocenters. The molecule has 2 amide bonds. The van der Waals surface area contributed by atoms with E-state index in [0.717, 1.165) is 34.2 Å². The fourth-order valence-corrected chi connectivity index (χ4v) is 4.72. The van der Waals surface area contributed by atoms with Crippen LogP contribution in [0.1, 0.15) is 5.56 Å². The summed E-state index contributed by atoms with van der Waals surface area (Å²) in [4.78, 5) is 21.6. The molecule has 4 rings (SSSR count). The summed E-state index contributed by atoms with van der Waals surface area (Å²) < 4.78 is 17.2. The highest BCUT2D eigenvalue weighted by atomic mass is 32.1. The van der Waals surface area contributed by atoms with Crippen LogP contribution in [-0.4, -0.2) is 63.4 Å². The zero-order chi connectivity index (χ0) is 22.0. The van der Waals surface area contributed by atoms with Gasteiger partial charge < -0.3 is 29.3 Å². The number of piperazine rings is 1. The van der Waals surface area contributed by atoms with Crippen molar-refractivity contribution in [2.45, 2.75) is 6.92 Å². The number of aromatic nitrogens is 1. The number of carbonyl (C=O) groups excluding carboxylic acids is 1. The summed E-state index contributed by atoms with van der Waals surface area (Å²) >= 11 is 1.67. The van der Waals surface area contributed by atoms with Crippen molar-refractivity contribution in [2.75, 3.05) is 57.7 Å². The molecular formula is C22H26N4O4S. The van der Waals surface area contributed by atoms with Gasteiger partial charge in [0.1, 0.15) is 11.3 Å². The number of carbonyl (C=O) groups is 1. The van der Waals surface area contributed by atoms with E-state index in [9.17, 15) is 4.79 Å². The maximum absolute atomic E-state index is 12.7. The molecule has 0 saturated carbocycles. The van der Waals surface area contributed by atoms with Crippen LogP contribution in [0.3, 0.4) is 0 Å². The highest BCUT2D eigenvalue weighted by Gasteiger charge is 2.24. The van der Waals surface area contributed by atoms with Crippen LogP contribution in [0.25, 0.3) is 10.2 Å². The lowest BCUT2D eigenvalue weighted by molar-refractivity contribution is 0.208. The molecule has 8 nitrogen and oxygen atoms in total. The zero-order valence-electron chi connectivity index (χ0n) is 18.1. The first-order valence-corrected chi connectivity index (χ1v) is 10.8. The van der Waals surface area contributed by atoms with Crippen LogP contribution in [0.4, 0.5) is 15.6 Å². The lowest BCUT2D eigenvalue weighted by Crippen LogP contribution is -2.50. The van der Waals surface area contributed by atoms with Crippen molar-refractivity contribution < 1.29 is 19.0 Å². The number of fused-ring (bicyclic) bond motifs is 1. The van der Waals surface area contributed by atoms with Crippen molar-refractivity contribution in [3.8, 4) is 17.2 Å². The second-order valence-electron chi connectivity index (χ2n) is 7.23. The number of urea groups is 1. The molecule has 0 radical (unpaired) electrons. The van der Waals surface area contributed by atoms with Crippen LogP contribution in [-0.2, 0) is 0 Å². The molecule has 1 saturated heterocycles. The molecule has 1 aliphatic rings. The number of amides is 2. The van der Waals surface area contributed by atoms with Crippen LogP contribution in [0.2, 0.25) is 0 Å². The van der Waals surface area contributed by atoms with E-state index in [1.54, 1.807) is 50.9 Å². The summed E-state index contributed by atoms with van der Waals surface area (Å²) in [5, 5.41) is 3.90. The molecule has 164 valence electrons. The lowest BCUT2D eigenvalue weighted by atomic mass is 10.2. The Balaban J connectivity index is 1.41. The predicted octanol–water partition coefficient (Wildman–Crippen LogP) is 3.98. The molecule has 2 heterocycles. The number of nitrogens with one attached hydrogen (secondary N) is 1. The molecule has 3 aromatic rings. The molecule has 1 fully saturated rings. The highest BCUT2D eigenvalue weighted by molar-refractivity contribution is 7.22. The lowest BCUT2D eigenvalue weighted by Gasteiger charge is -2.34. The summed E-state index contributed by atoms with van der Waals surface area (Å²) in [5.41, 5.74) is 2.75. The van der Waals surface area contributed by atoms with Crippen LogP contribution >= 0.6 is 11.3 Å². The maximum Gasteiger partial charge on any atom is 0.321 e. The van der Waals surface area contributed by atoms with Crippen molar-refractivity contribution in [2.24, 2.45) is 0 Å². The number of rotatable bonds is 5. The number of aryl methyl sites for hydroxylation is 1. The van der Waals surface area contributed by atoms with Crippen molar-refractivity contribution in [1.29, 1.82) is 0 Å². The topological polar surface area (TPSA) is 76.2 Å². The fourth-order valence-electron chi connectivity index (χ4n) is 3.62. The molecule has 1 aromatic heterocycles. The van der Waals surface area contributed by atoms with Gasteiger partial charge in [-0.1, -0.05) is 17.4 Å². The molecule has 31 heavy (non-hydrogen) atoms. The van der Waals surface area contributed by atoms with Crippen molar-refractivity contribution in [1.82, 2.24) is 9.88 Å². The van der Waals surface area contributed by atoms with Crippen molar-refractivity contribution >= 4 is 38.4 Å². The predicted molar refractivity (Wildman–Crippen MR) is 123 cm³/mol. The second-order valence-corrected chi connectivity index (χ2v) is 8.21. The maximum atomic E-state index is 12.7. The number of methoxy groups -OCH3 is 3. The molecular weight excluding hydrogens is 416 g/mol. The Morgan fingerprint density at radius 3 is 2.32 bits per heavy atom. The number of benzene rings is 2. The number of thiazole rings is 1. The number of nitrogens with zero attached hydrogens (tertiary/aromatic N) is 3. The van der Waals surface area contributed by atoms with Gasteiger partial charge in [0.2, 0.25) is 0 Å². The SMILES string of the molecule is COc1ccc(NC(=O)N2CCN(c3nc4c(OC)ccc(C)c4s3)CC2)cc1OC. The highest BCUT2D eigenvalue weighted by Crippen LogP contribution is 2.36. The minimum atomic E-state index is -0.131. The van der Waals surface area contributed by atoms with E-state index in [2.05, 4.69) is 23.2 Å². The minimum Gasteiger partial charge on any atom is -0.494 e. The number of hydrogen-bond acceptors (Lipinski definition) is 7. The van der Waals surface area contributed by atoms with E-state index in [0.29, 0.717) is 30.3 Å². The second kappa shape index (κ2) is 8.89. The van der Waals surface area contributed by atoms with Gasteiger partial charge in [0.05, 0.1) is 26.0 Å². The Bertz CT molecular complexity index is 1090. The van der Waals surface area contributed by atoms with Gasteiger partial charge in [-0.3, -0.25) is 0 Å². The van der Waals surface area contributed by atoms with Crippen LogP contribution in [0.5, 0.6) is 17.2 Å². The monoisotopic (exact) mass is 442 g/mol. The molecule has 9 heteroatoms. The van der Waals surface area contributed by atoms with Gasteiger partial charge in [0.25, 0.3) is 0 Å². The van der Waals surface area contributed by atoms with Crippen LogP contribution in [0.15, 0.2) is 30.3 Å². The Kier molecular flexibility index (Phi) is 6.03. The average molecular weight is 443 g/mol. The summed E-state index contributed by atoms with van der Waals surface area (Å²) in [7, 11) is 4.82. The number of hydrogen-bond donors (Lipinski definition) is 1. The first kappa shape index (κ1) is 21.0. The van der Waals surface area contributed by atoms with Gasteiger partial charge in [-0.15, -0.1) is 0 Å². The van der Waals surface area contributed by atoms with Gasteiger partial charge in [-0.25, -0.2) is 9.78 Å². The van der Waals surface area contributed by atoms with E-state index in [-0.39, 0.29) is 6.03 Å². The third-order valence-corrected chi connectivity index (χ3v) is 6.64. The van der Waals surface area contributed by atoms with E-state index in [1.807, 2.05) is 11.0 Å². The normalized spacial score (nSPS) is 13.9.